The van der Waals surface area contributed by atoms with Crippen LogP contribution < -0.4 is 5.32 Å². The molecule has 0 aliphatic carbocycles. The number of H-pyrrole nitrogens is 1. The molecule has 2 heterocycles. The first-order valence-electron chi connectivity index (χ1n) is 5.05. The largest absolute Gasteiger partial charge is 0.361 e. The van der Waals surface area contributed by atoms with Crippen molar-refractivity contribution in [3.63, 3.8) is 0 Å². The van der Waals surface area contributed by atoms with Crippen LogP contribution in [0.2, 0.25) is 0 Å². The number of hydrogen-bond acceptors (Lipinski definition) is 3. The molecular formula is C12H8N2OS2. The van der Waals surface area contributed by atoms with Crippen molar-refractivity contribution in [1.82, 2.24) is 10.3 Å². The van der Waals surface area contributed by atoms with Crippen LogP contribution in [-0.2, 0) is 4.79 Å². The van der Waals surface area contributed by atoms with Crippen molar-refractivity contribution in [2.24, 2.45) is 0 Å². The molecular weight excluding hydrogens is 252 g/mol. The molecule has 2 aromatic rings. The zero-order valence-corrected chi connectivity index (χ0v) is 10.3. The molecule has 0 bridgehead atoms. The first-order chi connectivity index (χ1) is 8.24. The van der Waals surface area contributed by atoms with Gasteiger partial charge in [-0.05, 0) is 12.1 Å². The maximum Gasteiger partial charge on any atom is 0.263 e. The Balaban J connectivity index is 2.08. The van der Waals surface area contributed by atoms with Gasteiger partial charge in [0, 0.05) is 22.7 Å². The van der Waals surface area contributed by atoms with Crippen LogP contribution in [0.1, 0.15) is 5.56 Å². The van der Waals surface area contributed by atoms with Crippen molar-refractivity contribution < 1.29 is 4.79 Å². The number of carbonyl (C=O) groups is 1. The predicted octanol–water partition coefficient (Wildman–Crippen LogP) is 2.66. The highest BCUT2D eigenvalue weighted by Crippen LogP contribution is 2.28. The summed E-state index contributed by atoms with van der Waals surface area (Å²) in [4.78, 5) is 15.4. The van der Waals surface area contributed by atoms with E-state index in [9.17, 15) is 4.79 Å². The fraction of sp³-hybridized carbons (Fsp3) is 0. The van der Waals surface area contributed by atoms with E-state index < -0.39 is 0 Å². The zero-order chi connectivity index (χ0) is 11.8. The van der Waals surface area contributed by atoms with Gasteiger partial charge in [-0.25, -0.2) is 0 Å². The first-order valence-corrected chi connectivity index (χ1v) is 6.27. The number of rotatable bonds is 1. The SMILES string of the molecule is O=C1NC(=S)S/C1=C\c1c[nH]c2ccccc12. The maximum absolute atomic E-state index is 11.5. The molecule has 17 heavy (non-hydrogen) atoms. The van der Waals surface area contributed by atoms with Gasteiger partial charge in [-0.3, -0.25) is 4.79 Å². The number of hydrogen-bond donors (Lipinski definition) is 2. The van der Waals surface area contributed by atoms with Crippen LogP contribution in [0.4, 0.5) is 0 Å². The van der Waals surface area contributed by atoms with Gasteiger partial charge in [0.2, 0.25) is 0 Å². The number of carbonyl (C=O) groups excluding carboxylic acids is 1. The summed E-state index contributed by atoms with van der Waals surface area (Å²) in [6, 6.07) is 7.98. The number of thioether (sulfide) groups is 1. The van der Waals surface area contributed by atoms with Crippen LogP contribution in [0.5, 0.6) is 0 Å². The molecule has 0 saturated carbocycles. The van der Waals surface area contributed by atoms with Gasteiger partial charge in [-0.1, -0.05) is 42.2 Å². The molecule has 1 saturated heterocycles. The molecule has 5 heteroatoms. The van der Waals surface area contributed by atoms with Crippen LogP contribution in [0, 0.1) is 0 Å². The van der Waals surface area contributed by atoms with Crippen molar-refractivity contribution in [2.75, 3.05) is 0 Å². The average Bonchev–Trinajstić information content (AvgIpc) is 2.85. The van der Waals surface area contributed by atoms with E-state index in [0.29, 0.717) is 9.23 Å². The van der Waals surface area contributed by atoms with Gasteiger partial charge in [0.15, 0.2) is 0 Å². The molecule has 0 unspecified atom stereocenters. The smallest absolute Gasteiger partial charge is 0.263 e. The third kappa shape index (κ3) is 1.87. The van der Waals surface area contributed by atoms with E-state index in [4.69, 9.17) is 12.2 Å². The zero-order valence-electron chi connectivity index (χ0n) is 8.69. The normalized spacial score (nSPS) is 18.0. The lowest BCUT2D eigenvalue weighted by molar-refractivity contribution is -0.115. The summed E-state index contributed by atoms with van der Waals surface area (Å²) < 4.78 is 0.515. The van der Waals surface area contributed by atoms with Crippen molar-refractivity contribution in [1.29, 1.82) is 0 Å². The summed E-state index contributed by atoms with van der Waals surface area (Å²) in [7, 11) is 0. The standard InChI is InChI=1S/C12H8N2OS2/c15-11-10(17-12(16)14-11)5-7-6-13-9-4-2-1-3-8(7)9/h1-6,13H,(H,14,15,16)/b10-5-. The lowest BCUT2D eigenvalue weighted by Gasteiger charge is -1.92. The maximum atomic E-state index is 11.5. The topological polar surface area (TPSA) is 44.9 Å². The number of aromatic amines is 1. The molecule has 1 aromatic carbocycles. The van der Waals surface area contributed by atoms with Gasteiger partial charge in [0.05, 0.1) is 4.91 Å². The highest BCUT2D eigenvalue weighted by atomic mass is 32.2. The Morgan fingerprint density at radius 3 is 2.88 bits per heavy atom. The van der Waals surface area contributed by atoms with Gasteiger partial charge >= 0.3 is 0 Å². The minimum atomic E-state index is -0.120. The molecule has 2 N–H and O–H groups in total. The summed E-state index contributed by atoms with van der Waals surface area (Å²) >= 11 is 6.25. The Kier molecular flexibility index (Phi) is 2.49. The average molecular weight is 260 g/mol. The Morgan fingerprint density at radius 1 is 1.29 bits per heavy atom. The second kappa shape index (κ2) is 4.01. The van der Waals surface area contributed by atoms with Crippen LogP contribution in [-0.4, -0.2) is 15.2 Å². The Labute approximate surface area is 107 Å². The second-order valence-electron chi connectivity index (χ2n) is 3.64. The molecule has 1 aliphatic rings. The predicted molar refractivity (Wildman–Crippen MR) is 74.6 cm³/mol. The monoisotopic (exact) mass is 260 g/mol. The molecule has 0 radical (unpaired) electrons. The van der Waals surface area contributed by atoms with Gasteiger partial charge in [0.1, 0.15) is 4.32 Å². The molecule has 0 atom stereocenters. The molecule has 1 aromatic heterocycles. The number of para-hydroxylation sites is 1. The number of amides is 1. The Hall–Kier alpha value is -1.59. The van der Waals surface area contributed by atoms with Crippen LogP contribution in [0.3, 0.4) is 0 Å². The lowest BCUT2D eigenvalue weighted by Crippen LogP contribution is -2.17. The molecule has 0 spiro atoms. The number of fused-ring (bicyclic) bond motifs is 1. The number of thiocarbonyl (C=S) groups is 1. The highest BCUT2D eigenvalue weighted by Gasteiger charge is 2.22. The fourth-order valence-corrected chi connectivity index (χ4v) is 2.81. The van der Waals surface area contributed by atoms with E-state index in [0.717, 1.165) is 16.5 Å². The van der Waals surface area contributed by atoms with Crippen molar-refractivity contribution >= 4 is 51.2 Å². The van der Waals surface area contributed by atoms with E-state index in [1.165, 1.54) is 11.8 Å². The Bertz CT molecular complexity index is 657. The number of nitrogens with one attached hydrogen (secondary N) is 2. The van der Waals surface area contributed by atoms with Crippen LogP contribution in [0.25, 0.3) is 17.0 Å². The summed E-state index contributed by atoms with van der Waals surface area (Å²) in [6.45, 7) is 0. The van der Waals surface area contributed by atoms with Gasteiger partial charge < -0.3 is 10.3 Å². The third-order valence-corrected chi connectivity index (χ3v) is 3.71. The quantitative estimate of drug-likeness (QED) is 0.612. The van der Waals surface area contributed by atoms with Crippen molar-refractivity contribution in [3.8, 4) is 0 Å². The van der Waals surface area contributed by atoms with Gasteiger partial charge in [0.25, 0.3) is 5.91 Å². The fourth-order valence-electron chi connectivity index (χ4n) is 1.78. The van der Waals surface area contributed by atoms with E-state index >= 15 is 0 Å². The first kappa shape index (κ1) is 10.6. The highest BCUT2D eigenvalue weighted by molar-refractivity contribution is 8.26. The van der Waals surface area contributed by atoms with Gasteiger partial charge in [-0.15, -0.1) is 0 Å². The van der Waals surface area contributed by atoms with Crippen LogP contribution in [0.15, 0.2) is 35.4 Å². The summed E-state index contributed by atoms with van der Waals surface area (Å²) in [5.41, 5.74) is 2.06. The number of benzene rings is 1. The van der Waals surface area contributed by atoms with Crippen LogP contribution >= 0.6 is 24.0 Å². The summed E-state index contributed by atoms with van der Waals surface area (Å²) in [5.74, 6) is -0.120. The summed E-state index contributed by atoms with van der Waals surface area (Å²) in [6.07, 6.45) is 3.75. The summed E-state index contributed by atoms with van der Waals surface area (Å²) in [5, 5.41) is 3.71. The van der Waals surface area contributed by atoms with E-state index in [2.05, 4.69) is 10.3 Å². The molecule has 3 nitrogen and oxygen atoms in total. The molecule has 1 fully saturated rings. The van der Waals surface area contributed by atoms with E-state index in [1.54, 1.807) is 0 Å². The molecule has 84 valence electrons. The minimum absolute atomic E-state index is 0.120. The van der Waals surface area contributed by atoms with E-state index in [1.807, 2.05) is 36.5 Å². The lowest BCUT2D eigenvalue weighted by atomic mass is 10.1. The van der Waals surface area contributed by atoms with Crippen molar-refractivity contribution in [2.45, 2.75) is 0 Å². The van der Waals surface area contributed by atoms with Gasteiger partial charge in [-0.2, -0.15) is 0 Å². The number of aromatic nitrogens is 1. The van der Waals surface area contributed by atoms with Crippen molar-refractivity contribution in [3.05, 3.63) is 40.9 Å². The minimum Gasteiger partial charge on any atom is -0.361 e. The third-order valence-electron chi connectivity index (χ3n) is 2.55. The van der Waals surface area contributed by atoms with E-state index in [-0.39, 0.29) is 5.91 Å². The molecule has 1 aliphatic heterocycles. The molecule has 3 rings (SSSR count). The molecule has 1 amide bonds. The Morgan fingerprint density at radius 2 is 2.12 bits per heavy atom. The second-order valence-corrected chi connectivity index (χ2v) is 5.36.